The molecule has 1 N–H and O–H groups in total. The highest BCUT2D eigenvalue weighted by atomic mass is 35.5. The van der Waals surface area contributed by atoms with Crippen LogP contribution in [0.1, 0.15) is 101 Å². The maximum Gasteiger partial charge on any atom is 0.310 e. The molecule has 0 aromatic heterocycles. The van der Waals surface area contributed by atoms with Crippen molar-refractivity contribution in [3.8, 4) is 0 Å². The lowest BCUT2D eigenvalue weighted by atomic mass is 9.88. The molecule has 10 unspecified atom stereocenters. The number of aliphatic hydroxyl groups is 1. The van der Waals surface area contributed by atoms with E-state index >= 15 is 0 Å². The molecule has 12 heteroatoms. The normalized spacial score (nSPS) is 27.9. The maximum atomic E-state index is 13.1. The number of esters is 5. The molecule has 10 atom stereocenters. The molecule has 0 aromatic carbocycles. The largest absolute Gasteiger partial charge is 0.462 e. The maximum absolute atomic E-state index is 13.1. The fraction of sp³-hybridized carbons (Fsp3) is 0.694. The topological polar surface area (TPSA) is 152 Å². The molecule has 1 rings (SSSR count). The first-order valence-corrected chi connectivity index (χ1v) is 17.0. The Labute approximate surface area is 290 Å². The predicted octanol–water partition coefficient (Wildman–Crippen LogP) is 5.93. The number of hydrogen-bond donors (Lipinski definition) is 1. The molecule has 0 spiro atoms. The van der Waals surface area contributed by atoms with E-state index in [0.717, 1.165) is 0 Å². The molecule has 0 saturated carbocycles. The summed E-state index contributed by atoms with van der Waals surface area (Å²) in [7, 11) is 0. The van der Waals surface area contributed by atoms with Crippen LogP contribution in [0.15, 0.2) is 36.0 Å². The minimum atomic E-state index is -1.49. The van der Waals surface area contributed by atoms with Crippen molar-refractivity contribution in [2.45, 2.75) is 143 Å². The van der Waals surface area contributed by atoms with Gasteiger partial charge in [-0.05, 0) is 57.1 Å². The van der Waals surface area contributed by atoms with Gasteiger partial charge < -0.3 is 28.8 Å². The van der Waals surface area contributed by atoms with E-state index in [1.807, 2.05) is 52.8 Å². The molecular weight excluding hydrogens is 644 g/mol. The van der Waals surface area contributed by atoms with Crippen LogP contribution in [0.2, 0.25) is 0 Å². The highest BCUT2D eigenvalue weighted by Gasteiger charge is 2.37. The Balaban J connectivity index is 3.26. The first kappa shape index (κ1) is 42.8. The van der Waals surface area contributed by atoms with Gasteiger partial charge in [-0.2, -0.15) is 0 Å². The molecule has 0 radical (unpaired) electrons. The molecule has 1 aliphatic rings. The summed E-state index contributed by atoms with van der Waals surface area (Å²) in [5.74, 6) is -3.38. The number of rotatable bonds is 13. The van der Waals surface area contributed by atoms with Crippen molar-refractivity contribution in [1.82, 2.24) is 0 Å². The average molecular weight is 699 g/mol. The van der Waals surface area contributed by atoms with Crippen LogP contribution in [0.25, 0.3) is 0 Å². The lowest BCUT2D eigenvalue weighted by molar-refractivity contribution is -0.161. The van der Waals surface area contributed by atoms with E-state index < -0.39 is 77.3 Å². The van der Waals surface area contributed by atoms with Gasteiger partial charge in [0.25, 0.3) is 0 Å². The second-order valence-electron chi connectivity index (χ2n) is 13.0. The minimum absolute atomic E-state index is 0.0528. The molecule has 0 aliphatic carbocycles. The number of hydrogen-bond acceptors (Lipinski definition) is 11. The molecule has 0 amide bonds. The Kier molecular flexibility index (Phi) is 18.2. The van der Waals surface area contributed by atoms with Crippen LogP contribution in [0.4, 0.5) is 0 Å². The number of alkyl halides is 1. The standard InChI is InChI=1S/C36H55ClO11/c1-11-31(45-26(7)39)24(5)35(47-28(9)41)30(37)19-21(2)13-12-14-22(3)34-23(4)15-16-32(46-27(8)40)36(10,43)18-17-29(44-25(6)38)20-33(42)48-34/h12-16,21,23-24,29-32,34-35,43H,11,17-20H2,1-10H3/b13-12+,16-15-,22-14+. The third-order valence-corrected chi connectivity index (χ3v) is 8.68. The monoisotopic (exact) mass is 698 g/mol. The van der Waals surface area contributed by atoms with Crippen molar-refractivity contribution in [3.05, 3.63) is 36.0 Å². The van der Waals surface area contributed by atoms with Crippen LogP contribution >= 0.6 is 11.6 Å². The van der Waals surface area contributed by atoms with Crippen LogP contribution in [0.5, 0.6) is 0 Å². The summed E-state index contributed by atoms with van der Waals surface area (Å²) < 4.78 is 27.7. The zero-order valence-corrected chi connectivity index (χ0v) is 30.8. The van der Waals surface area contributed by atoms with E-state index in [1.165, 1.54) is 34.6 Å². The van der Waals surface area contributed by atoms with Crippen molar-refractivity contribution in [1.29, 1.82) is 0 Å². The summed E-state index contributed by atoms with van der Waals surface area (Å²) in [6.07, 6.45) is 6.22. The van der Waals surface area contributed by atoms with Gasteiger partial charge in [-0.3, -0.25) is 24.0 Å². The van der Waals surface area contributed by atoms with Crippen molar-refractivity contribution in [2.75, 3.05) is 0 Å². The van der Waals surface area contributed by atoms with E-state index in [2.05, 4.69) is 0 Å². The van der Waals surface area contributed by atoms with E-state index in [9.17, 15) is 29.1 Å². The molecule has 0 fully saturated rings. The molecule has 1 heterocycles. The number of allylic oxidation sites excluding steroid dienone is 3. The number of cyclic esters (lactones) is 1. The summed E-state index contributed by atoms with van der Waals surface area (Å²) in [5.41, 5.74) is -0.783. The Hall–Kier alpha value is -3.18. The zero-order valence-electron chi connectivity index (χ0n) is 30.0. The minimum Gasteiger partial charge on any atom is -0.462 e. The van der Waals surface area contributed by atoms with Crippen LogP contribution in [0.3, 0.4) is 0 Å². The highest BCUT2D eigenvalue weighted by Crippen LogP contribution is 2.30. The van der Waals surface area contributed by atoms with Crippen molar-refractivity contribution < 1.29 is 52.8 Å². The second-order valence-corrected chi connectivity index (χ2v) is 13.6. The number of halogens is 1. The average Bonchev–Trinajstić information content (AvgIpc) is 2.96. The van der Waals surface area contributed by atoms with Crippen molar-refractivity contribution in [2.24, 2.45) is 17.8 Å². The van der Waals surface area contributed by atoms with Crippen molar-refractivity contribution in [3.63, 3.8) is 0 Å². The first-order chi connectivity index (χ1) is 22.3. The lowest BCUT2D eigenvalue weighted by Crippen LogP contribution is -2.42. The molecule has 0 bridgehead atoms. The van der Waals surface area contributed by atoms with Gasteiger partial charge in [0.1, 0.15) is 36.1 Å². The lowest BCUT2D eigenvalue weighted by Gasteiger charge is -2.33. The summed E-state index contributed by atoms with van der Waals surface area (Å²) in [5, 5.41) is 10.6. The number of carbonyl (C=O) groups is 5. The van der Waals surface area contributed by atoms with Crippen LogP contribution in [-0.4, -0.2) is 76.5 Å². The van der Waals surface area contributed by atoms with E-state index in [1.54, 1.807) is 12.2 Å². The second kappa shape index (κ2) is 20.4. The van der Waals surface area contributed by atoms with Crippen LogP contribution in [-0.2, 0) is 47.7 Å². The third-order valence-electron chi connectivity index (χ3n) is 8.26. The smallest absolute Gasteiger partial charge is 0.310 e. The summed E-state index contributed by atoms with van der Waals surface area (Å²) in [6, 6.07) is 0. The molecular formula is C36H55ClO11. The van der Waals surface area contributed by atoms with E-state index in [-0.39, 0.29) is 31.1 Å². The van der Waals surface area contributed by atoms with Gasteiger partial charge in [-0.25, -0.2) is 0 Å². The molecule has 272 valence electrons. The number of carbonyl (C=O) groups excluding carboxylic acids is 5. The molecule has 0 aromatic rings. The highest BCUT2D eigenvalue weighted by molar-refractivity contribution is 6.21. The first-order valence-electron chi connectivity index (χ1n) is 16.5. The summed E-state index contributed by atoms with van der Waals surface area (Å²) >= 11 is 6.80. The van der Waals surface area contributed by atoms with Gasteiger partial charge in [0, 0.05) is 39.5 Å². The van der Waals surface area contributed by atoms with Crippen LogP contribution < -0.4 is 0 Å². The fourth-order valence-electron chi connectivity index (χ4n) is 5.70. The Morgan fingerprint density at radius 2 is 1.62 bits per heavy atom. The van der Waals surface area contributed by atoms with Gasteiger partial charge in [0.15, 0.2) is 0 Å². The zero-order chi connectivity index (χ0) is 36.8. The third kappa shape index (κ3) is 15.4. The SMILES string of the molecule is CCC(OC(C)=O)C(C)C(OC(C)=O)C(Cl)CC(C)/C=C/C=C(\C)C1OC(=O)CC(OC(C)=O)CCC(C)(O)C(OC(C)=O)/C=C\C1C. The van der Waals surface area contributed by atoms with Crippen molar-refractivity contribution >= 4 is 41.4 Å². The van der Waals surface area contributed by atoms with Gasteiger partial charge in [0.05, 0.1) is 11.8 Å². The van der Waals surface area contributed by atoms with Crippen LogP contribution in [0, 0.1) is 17.8 Å². The van der Waals surface area contributed by atoms with Gasteiger partial charge in [-0.1, -0.05) is 52.0 Å². The summed E-state index contributed by atoms with van der Waals surface area (Å²) in [4.78, 5) is 60.2. The summed E-state index contributed by atoms with van der Waals surface area (Å²) in [6.45, 7) is 16.0. The molecule has 11 nitrogen and oxygen atoms in total. The van der Waals surface area contributed by atoms with Gasteiger partial charge >= 0.3 is 29.8 Å². The number of ether oxygens (including phenoxy) is 5. The fourth-order valence-corrected chi connectivity index (χ4v) is 6.26. The quantitative estimate of drug-likeness (QED) is 0.0800. The Bertz CT molecular complexity index is 1190. The predicted molar refractivity (Wildman–Crippen MR) is 181 cm³/mol. The van der Waals surface area contributed by atoms with Gasteiger partial charge in [0.2, 0.25) is 0 Å². The molecule has 48 heavy (non-hydrogen) atoms. The van der Waals surface area contributed by atoms with Gasteiger partial charge in [-0.15, -0.1) is 11.6 Å². The Morgan fingerprint density at radius 3 is 2.17 bits per heavy atom. The van der Waals surface area contributed by atoms with E-state index in [4.69, 9.17) is 35.3 Å². The van der Waals surface area contributed by atoms with E-state index in [0.29, 0.717) is 18.4 Å². The molecule has 1 aliphatic heterocycles. The molecule has 0 saturated heterocycles. The Morgan fingerprint density at radius 1 is 1.02 bits per heavy atom.